The molecule has 0 unspecified atom stereocenters. The van der Waals surface area contributed by atoms with Gasteiger partial charge in [-0.1, -0.05) is 17.7 Å². The summed E-state index contributed by atoms with van der Waals surface area (Å²) < 4.78 is 1.59. The SMILES string of the molecule is Cc1ccc(-n2nc(C)c(C#N)c2N)cc1. The van der Waals surface area contributed by atoms with Gasteiger partial charge in [0.25, 0.3) is 0 Å². The number of benzene rings is 1. The number of nitriles is 1. The third-order valence-electron chi connectivity index (χ3n) is 2.49. The summed E-state index contributed by atoms with van der Waals surface area (Å²) in [5.74, 6) is 0.392. The number of aryl methyl sites for hydroxylation is 2. The average molecular weight is 212 g/mol. The number of anilines is 1. The molecule has 4 heteroatoms. The van der Waals surface area contributed by atoms with Gasteiger partial charge in [0.15, 0.2) is 0 Å². The van der Waals surface area contributed by atoms with Gasteiger partial charge in [-0.3, -0.25) is 0 Å². The first-order chi connectivity index (χ1) is 7.63. The number of hydrogen-bond donors (Lipinski definition) is 1. The predicted molar refractivity (Wildman–Crippen MR) is 62.2 cm³/mol. The Morgan fingerprint density at radius 2 is 1.88 bits per heavy atom. The smallest absolute Gasteiger partial charge is 0.145 e. The van der Waals surface area contributed by atoms with Gasteiger partial charge in [0.2, 0.25) is 0 Å². The Labute approximate surface area is 93.9 Å². The molecule has 0 saturated carbocycles. The Hall–Kier alpha value is -2.28. The molecule has 16 heavy (non-hydrogen) atoms. The molecule has 80 valence electrons. The van der Waals surface area contributed by atoms with E-state index < -0.39 is 0 Å². The van der Waals surface area contributed by atoms with E-state index in [4.69, 9.17) is 11.0 Å². The molecule has 0 fully saturated rings. The highest BCUT2D eigenvalue weighted by Crippen LogP contribution is 2.19. The molecule has 2 aromatic rings. The monoisotopic (exact) mass is 212 g/mol. The summed E-state index contributed by atoms with van der Waals surface area (Å²) >= 11 is 0. The van der Waals surface area contributed by atoms with Crippen LogP contribution >= 0.6 is 0 Å². The lowest BCUT2D eigenvalue weighted by Crippen LogP contribution is -2.02. The topological polar surface area (TPSA) is 67.6 Å². The lowest BCUT2D eigenvalue weighted by Gasteiger charge is -2.03. The average Bonchev–Trinajstić information content (AvgIpc) is 2.55. The highest BCUT2D eigenvalue weighted by molar-refractivity contribution is 5.55. The number of hydrogen-bond acceptors (Lipinski definition) is 3. The highest BCUT2D eigenvalue weighted by Gasteiger charge is 2.12. The summed E-state index contributed by atoms with van der Waals surface area (Å²) in [4.78, 5) is 0. The minimum Gasteiger partial charge on any atom is -0.382 e. The maximum Gasteiger partial charge on any atom is 0.145 e. The molecule has 2 N–H and O–H groups in total. The van der Waals surface area contributed by atoms with Crippen LogP contribution in [0.3, 0.4) is 0 Å². The lowest BCUT2D eigenvalue weighted by atomic mass is 10.2. The van der Waals surface area contributed by atoms with Crippen molar-refractivity contribution >= 4 is 5.82 Å². The number of nitrogens with two attached hydrogens (primary N) is 1. The van der Waals surface area contributed by atoms with Crippen molar-refractivity contribution in [3.63, 3.8) is 0 Å². The Morgan fingerprint density at radius 1 is 1.25 bits per heavy atom. The second kappa shape index (κ2) is 3.70. The van der Waals surface area contributed by atoms with Crippen LogP contribution in [-0.2, 0) is 0 Å². The first-order valence-electron chi connectivity index (χ1n) is 4.95. The summed E-state index contributed by atoms with van der Waals surface area (Å²) in [6.45, 7) is 3.79. The van der Waals surface area contributed by atoms with Crippen LogP contribution in [0.1, 0.15) is 16.8 Å². The van der Waals surface area contributed by atoms with Gasteiger partial charge in [0, 0.05) is 0 Å². The predicted octanol–water partition coefficient (Wildman–Crippen LogP) is 1.94. The molecule has 0 amide bonds. The van der Waals surface area contributed by atoms with Crippen molar-refractivity contribution in [2.24, 2.45) is 0 Å². The van der Waals surface area contributed by atoms with E-state index in [0.29, 0.717) is 17.1 Å². The second-order valence-electron chi connectivity index (χ2n) is 3.70. The quantitative estimate of drug-likeness (QED) is 0.785. The number of nitrogen functional groups attached to an aromatic ring is 1. The molecule has 4 nitrogen and oxygen atoms in total. The molecule has 0 bridgehead atoms. The largest absolute Gasteiger partial charge is 0.382 e. The van der Waals surface area contributed by atoms with E-state index in [-0.39, 0.29) is 0 Å². The van der Waals surface area contributed by atoms with Gasteiger partial charge in [-0.25, -0.2) is 4.68 Å². The maximum absolute atomic E-state index is 8.92. The third kappa shape index (κ3) is 1.52. The summed E-state index contributed by atoms with van der Waals surface area (Å²) in [6.07, 6.45) is 0. The Morgan fingerprint density at radius 3 is 2.38 bits per heavy atom. The maximum atomic E-state index is 8.92. The molecule has 0 aliphatic carbocycles. The molecule has 1 aromatic heterocycles. The zero-order valence-electron chi connectivity index (χ0n) is 9.23. The van der Waals surface area contributed by atoms with Crippen molar-refractivity contribution in [1.82, 2.24) is 9.78 Å². The van der Waals surface area contributed by atoms with E-state index in [9.17, 15) is 0 Å². The van der Waals surface area contributed by atoms with Gasteiger partial charge in [0.1, 0.15) is 17.5 Å². The standard InChI is InChI=1S/C12H12N4/c1-8-3-5-10(6-4-8)16-12(14)11(7-13)9(2)15-16/h3-6H,14H2,1-2H3. The van der Waals surface area contributed by atoms with Crippen molar-refractivity contribution in [2.45, 2.75) is 13.8 Å². The van der Waals surface area contributed by atoms with E-state index in [1.807, 2.05) is 31.2 Å². The summed E-state index contributed by atoms with van der Waals surface area (Å²) in [5, 5.41) is 13.2. The first-order valence-corrected chi connectivity index (χ1v) is 4.95. The third-order valence-corrected chi connectivity index (χ3v) is 2.49. The first kappa shape index (κ1) is 10.2. The van der Waals surface area contributed by atoms with Gasteiger partial charge < -0.3 is 5.73 Å². The van der Waals surface area contributed by atoms with E-state index in [0.717, 1.165) is 5.69 Å². The van der Waals surface area contributed by atoms with Gasteiger partial charge >= 0.3 is 0 Å². The van der Waals surface area contributed by atoms with Crippen LogP contribution in [-0.4, -0.2) is 9.78 Å². The van der Waals surface area contributed by atoms with Crippen molar-refractivity contribution < 1.29 is 0 Å². The van der Waals surface area contributed by atoms with Gasteiger partial charge in [-0.05, 0) is 26.0 Å². The molecular formula is C12H12N4. The van der Waals surface area contributed by atoms with E-state index in [1.54, 1.807) is 11.6 Å². The summed E-state index contributed by atoms with van der Waals surface area (Å²) in [6, 6.07) is 9.88. The molecule has 0 saturated heterocycles. The van der Waals surface area contributed by atoms with Crippen molar-refractivity contribution in [3.8, 4) is 11.8 Å². The Bertz CT molecular complexity index is 558. The van der Waals surface area contributed by atoms with Gasteiger partial charge in [-0.15, -0.1) is 0 Å². The zero-order valence-corrected chi connectivity index (χ0v) is 9.23. The van der Waals surface area contributed by atoms with Crippen LogP contribution in [0.4, 0.5) is 5.82 Å². The number of nitrogens with zero attached hydrogens (tertiary/aromatic N) is 3. The molecule has 1 aromatic carbocycles. The minimum atomic E-state index is 0.392. The van der Waals surface area contributed by atoms with Crippen molar-refractivity contribution in [1.29, 1.82) is 5.26 Å². The molecule has 0 spiro atoms. The minimum absolute atomic E-state index is 0.392. The summed E-state index contributed by atoms with van der Waals surface area (Å²) in [5.41, 5.74) is 9.00. The fourth-order valence-electron chi connectivity index (χ4n) is 1.57. The molecule has 0 radical (unpaired) electrons. The molecule has 1 heterocycles. The second-order valence-corrected chi connectivity index (χ2v) is 3.70. The van der Waals surface area contributed by atoms with Crippen LogP contribution in [0.5, 0.6) is 0 Å². The number of aromatic nitrogens is 2. The fraction of sp³-hybridized carbons (Fsp3) is 0.167. The molecule has 0 aliphatic heterocycles. The van der Waals surface area contributed by atoms with Gasteiger partial charge in [0.05, 0.1) is 11.4 Å². The van der Waals surface area contributed by atoms with E-state index in [2.05, 4.69) is 11.2 Å². The van der Waals surface area contributed by atoms with E-state index >= 15 is 0 Å². The van der Waals surface area contributed by atoms with Crippen LogP contribution in [0.25, 0.3) is 5.69 Å². The van der Waals surface area contributed by atoms with Crippen LogP contribution < -0.4 is 5.73 Å². The molecule has 0 aliphatic rings. The lowest BCUT2D eigenvalue weighted by molar-refractivity contribution is 0.871. The zero-order chi connectivity index (χ0) is 11.7. The molecular weight excluding hydrogens is 200 g/mol. The molecule has 0 atom stereocenters. The van der Waals surface area contributed by atoms with Crippen LogP contribution in [0.15, 0.2) is 24.3 Å². The highest BCUT2D eigenvalue weighted by atomic mass is 15.3. The fourth-order valence-corrected chi connectivity index (χ4v) is 1.57. The van der Waals surface area contributed by atoms with Crippen LogP contribution in [0, 0.1) is 25.2 Å². The number of rotatable bonds is 1. The Balaban J connectivity index is 2.58. The molecule has 2 rings (SSSR count). The van der Waals surface area contributed by atoms with E-state index in [1.165, 1.54) is 5.56 Å². The van der Waals surface area contributed by atoms with Crippen LogP contribution in [0.2, 0.25) is 0 Å². The Kier molecular flexibility index (Phi) is 2.37. The van der Waals surface area contributed by atoms with Gasteiger partial charge in [-0.2, -0.15) is 10.4 Å². The van der Waals surface area contributed by atoms with Crippen molar-refractivity contribution in [2.75, 3.05) is 5.73 Å². The normalized spacial score (nSPS) is 10.1. The van der Waals surface area contributed by atoms with Crippen molar-refractivity contribution in [3.05, 3.63) is 41.1 Å². The summed E-state index contributed by atoms with van der Waals surface area (Å²) in [7, 11) is 0.